The van der Waals surface area contributed by atoms with Crippen molar-refractivity contribution in [2.75, 3.05) is 26.2 Å². The molecule has 0 aromatic heterocycles. The lowest BCUT2D eigenvalue weighted by Gasteiger charge is -2.32. The molecule has 1 saturated heterocycles. The number of hydrogen-bond acceptors (Lipinski definition) is 3. The van der Waals surface area contributed by atoms with E-state index in [1.54, 1.807) is 6.07 Å². The fourth-order valence-electron chi connectivity index (χ4n) is 3.27. The molecule has 2 aromatic carbocycles. The lowest BCUT2D eigenvalue weighted by molar-refractivity contribution is -0.135. The summed E-state index contributed by atoms with van der Waals surface area (Å²) in [6.07, 6.45) is 2.04. The van der Waals surface area contributed by atoms with E-state index < -0.39 is 0 Å². The Morgan fingerprint density at radius 3 is 2.43 bits per heavy atom. The van der Waals surface area contributed by atoms with E-state index in [9.17, 15) is 9.59 Å². The van der Waals surface area contributed by atoms with Gasteiger partial charge >= 0.3 is 0 Å². The number of carbonyl (C=O) groups excluding carboxylic acids is 2. The summed E-state index contributed by atoms with van der Waals surface area (Å²) < 4.78 is 5.53. The van der Waals surface area contributed by atoms with Crippen molar-refractivity contribution in [2.45, 2.75) is 19.3 Å². The molecule has 0 bridgehead atoms. The third kappa shape index (κ3) is 5.99. The fraction of sp³-hybridized carbons (Fsp3) is 0.364. The number of piperidine rings is 1. The zero-order valence-electron chi connectivity index (χ0n) is 15.8. The quantitative estimate of drug-likeness (QED) is 0.775. The van der Waals surface area contributed by atoms with Crippen LogP contribution in [0.3, 0.4) is 0 Å². The maximum Gasteiger partial charge on any atom is 0.260 e. The third-order valence-corrected chi connectivity index (χ3v) is 5.34. The van der Waals surface area contributed by atoms with Crippen molar-refractivity contribution in [3.8, 4) is 5.75 Å². The van der Waals surface area contributed by atoms with Crippen LogP contribution in [0.1, 0.15) is 18.4 Å². The lowest BCUT2D eigenvalue weighted by atomic mass is 9.96. The van der Waals surface area contributed by atoms with E-state index in [1.165, 1.54) is 0 Å². The van der Waals surface area contributed by atoms with Gasteiger partial charge in [0.2, 0.25) is 5.91 Å². The Bertz CT molecular complexity index is 789. The average Bonchev–Trinajstić information content (AvgIpc) is 2.73. The van der Waals surface area contributed by atoms with E-state index in [0.717, 1.165) is 18.4 Å². The highest BCUT2D eigenvalue weighted by Crippen LogP contribution is 2.18. The van der Waals surface area contributed by atoms with Gasteiger partial charge in [0.25, 0.3) is 5.91 Å². The number of para-hydroxylation sites is 1. The molecule has 1 fully saturated rings. The molecule has 0 unspecified atom stereocenters. The van der Waals surface area contributed by atoms with Gasteiger partial charge in [-0.2, -0.15) is 0 Å². The second kappa shape index (κ2) is 10.1. The summed E-state index contributed by atoms with van der Waals surface area (Å²) in [5.74, 6) is 1.06. The Morgan fingerprint density at radius 2 is 1.71 bits per heavy atom. The van der Waals surface area contributed by atoms with Crippen LogP contribution in [0.4, 0.5) is 0 Å². The number of ether oxygens (including phenoxy) is 1. The number of hydrogen-bond donors (Lipinski definition) is 1. The molecule has 1 aliphatic rings. The molecule has 0 atom stereocenters. The highest BCUT2D eigenvalue weighted by atomic mass is 35.5. The minimum Gasteiger partial charge on any atom is -0.484 e. The Morgan fingerprint density at radius 1 is 1.04 bits per heavy atom. The van der Waals surface area contributed by atoms with E-state index in [4.69, 9.17) is 16.3 Å². The van der Waals surface area contributed by atoms with Gasteiger partial charge in [-0.15, -0.1) is 0 Å². The van der Waals surface area contributed by atoms with Gasteiger partial charge in [-0.05, 0) is 42.5 Å². The lowest BCUT2D eigenvalue weighted by Crippen LogP contribution is -2.43. The molecule has 1 aliphatic heterocycles. The normalized spacial score (nSPS) is 14.5. The van der Waals surface area contributed by atoms with Crippen LogP contribution in [0.25, 0.3) is 0 Å². The third-order valence-electron chi connectivity index (χ3n) is 4.97. The van der Waals surface area contributed by atoms with Crippen molar-refractivity contribution in [1.29, 1.82) is 0 Å². The minimum absolute atomic E-state index is 0.00468. The van der Waals surface area contributed by atoms with Crippen molar-refractivity contribution in [3.05, 3.63) is 65.2 Å². The van der Waals surface area contributed by atoms with Crippen LogP contribution in [-0.4, -0.2) is 43.0 Å². The average molecular weight is 401 g/mol. The van der Waals surface area contributed by atoms with Crippen LogP contribution in [0.15, 0.2) is 54.6 Å². The maximum absolute atomic E-state index is 12.3. The van der Waals surface area contributed by atoms with Crippen LogP contribution in [-0.2, 0) is 16.0 Å². The number of halogens is 1. The number of rotatable bonds is 7. The van der Waals surface area contributed by atoms with Crippen LogP contribution < -0.4 is 10.1 Å². The second-order valence-corrected chi connectivity index (χ2v) is 7.41. The van der Waals surface area contributed by atoms with Gasteiger partial charge in [-0.25, -0.2) is 0 Å². The molecule has 3 rings (SSSR count). The van der Waals surface area contributed by atoms with Crippen molar-refractivity contribution >= 4 is 23.4 Å². The standard InChI is InChI=1S/C22H25ClN2O3/c23-20-9-5-4-6-18(20)14-21(26)24-15-17-10-12-25(13-11-17)22(27)16-28-19-7-2-1-3-8-19/h1-9,17H,10-16H2,(H,24,26). The summed E-state index contributed by atoms with van der Waals surface area (Å²) >= 11 is 6.10. The summed E-state index contributed by atoms with van der Waals surface area (Å²) in [5, 5.41) is 3.61. The van der Waals surface area contributed by atoms with E-state index in [0.29, 0.717) is 36.3 Å². The Balaban J connectivity index is 1.35. The summed E-state index contributed by atoms with van der Waals surface area (Å²) in [7, 11) is 0. The summed E-state index contributed by atoms with van der Waals surface area (Å²) in [4.78, 5) is 26.3. The first-order valence-corrected chi connectivity index (χ1v) is 9.95. The smallest absolute Gasteiger partial charge is 0.260 e. The van der Waals surface area contributed by atoms with E-state index in [-0.39, 0.29) is 24.8 Å². The molecule has 6 heteroatoms. The first-order valence-electron chi connectivity index (χ1n) is 9.57. The molecule has 2 amide bonds. The SMILES string of the molecule is O=C(Cc1ccccc1Cl)NCC1CCN(C(=O)COc2ccccc2)CC1. The Hall–Kier alpha value is -2.53. The maximum atomic E-state index is 12.3. The zero-order valence-corrected chi connectivity index (χ0v) is 16.5. The first-order chi connectivity index (χ1) is 13.6. The monoisotopic (exact) mass is 400 g/mol. The van der Waals surface area contributed by atoms with Crippen LogP contribution in [0.2, 0.25) is 5.02 Å². The molecule has 0 aliphatic carbocycles. The first kappa shape index (κ1) is 20.2. The highest BCUT2D eigenvalue weighted by molar-refractivity contribution is 6.31. The number of nitrogens with one attached hydrogen (secondary N) is 1. The molecule has 0 saturated carbocycles. The van der Waals surface area contributed by atoms with E-state index in [1.807, 2.05) is 53.4 Å². The van der Waals surface area contributed by atoms with Crippen LogP contribution in [0.5, 0.6) is 5.75 Å². The minimum atomic E-state index is -0.0251. The molecular formula is C22H25ClN2O3. The van der Waals surface area contributed by atoms with Gasteiger partial charge in [0.15, 0.2) is 6.61 Å². The van der Waals surface area contributed by atoms with Gasteiger partial charge in [0.1, 0.15) is 5.75 Å². The second-order valence-electron chi connectivity index (χ2n) is 7.00. The van der Waals surface area contributed by atoms with Crippen LogP contribution >= 0.6 is 11.6 Å². The van der Waals surface area contributed by atoms with E-state index in [2.05, 4.69) is 5.32 Å². The molecule has 2 aromatic rings. The molecule has 0 radical (unpaired) electrons. The fourth-order valence-corrected chi connectivity index (χ4v) is 3.48. The van der Waals surface area contributed by atoms with Gasteiger partial charge in [-0.1, -0.05) is 48.0 Å². The molecule has 1 heterocycles. The predicted molar refractivity (Wildman–Crippen MR) is 109 cm³/mol. The van der Waals surface area contributed by atoms with Gasteiger partial charge in [0.05, 0.1) is 6.42 Å². The molecule has 28 heavy (non-hydrogen) atoms. The van der Waals surface area contributed by atoms with Crippen molar-refractivity contribution < 1.29 is 14.3 Å². The number of benzene rings is 2. The van der Waals surface area contributed by atoms with Crippen molar-refractivity contribution in [3.63, 3.8) is 0 Å². The largest absolute Gasteiger partial charge is 0.484 e. The summed E-state index contributed by atoms with van der Waals surface area (Å²) in [5.41, 5.74) is 0.834. The molecule has 1 N–H and O–H groups in total. The number of nitrogens with zero attached hydrogens (tertiary/aromatic N) is 1. The van der Waals surface area contributed by atoms with Gasteiger partial charge in [-0.3, -0.25) is 9.59 Å². The van der Waals surface area contributed by atoms with Crippen LogP contribution in [0, 0.1) is 5.92 Å². The molecule has 0 spiro atoms. The summed E-state index contributed by atoms with van der Waals surface area (Å²) in [6, 6.07) is 16.7. The van der Waals surface area contributed by atoms with Gasteiger partial charge in [0, 0.05) is 24.7 Å². The van der Waals surface area contributed by atoms with Crippen molar-refractivity contribution in [1.82, 2.24) is 10.2 Å². The summed E-state index contributed by atoms with van der Waals surface area (Å²) in [6.45, 7) is 2.08. The van der Waals surface area contributed by atoms with Crippen molar-refractivity contribution in [2.24, 2.45) is 5.92 Å². The number of amides is 2. The number of likely N-dealkylation sites (tertiary alicyclic amines) is 1. The molecular weight excluding hydrogens is 376 g/mol. The molecule has 148 valence electrons. The van der Waals surface area contributed by atoms with E-state index >= 15 is 0 Å². The Labute approximate surface area is 170 Å². The predicted octanol–water partition coefficient (Wildman–Crippen LogP) is 3.32. The van der Waals surface area contributed by atoms with Gasteiger partial charge < -0.3 is 15.0 Å². The zero-order chi connectivity index (χ0) is 19.8. The topological polar surface area (TPSA) is 58.6 Å². The molecule has 5 nitrogen and oxygen atoms in total. The highest BCUT2D eigenvalue weighted by Gasteiger charge is 2.23. The Kier molecular flexibility index (Phi) is 7.31. The number of carbonyl (C=O) groups is 2.